The van der Waals surface area contributed by atoms with E-state index in [2.05, 4.69) is 0 Å². The van der Waals surface area contributed by atoms with Crippen molar-refractivity contribution in [2.75, 3.05) is 27.9 Å². The van der Waals surface area contributed by atoms with Crippen molar-refractivity contribution in [2.45, 2.75) is 32.8 Å². The van der Waals surface area contributed by atoms with Crippen molar-refractivity contribution in [3.63, 3.8) is 0 Å². The topological polar surface area (TPSA) is 46.2 Å². The van der Waals surface area contributed by atoms with Crippen molar-refractivity contribution in [1.29, 1.82) is 0 Å². The summed E-state index contributed by atoms with van der Waals surface area (Å²) in [6.45, 7) is 4.29. The van der Waals surface area contributed by atoms with Gasteiger partial charge in [-0.15, -0.1) is 0 Å². The fraction of sp³-hybridized carbons (Fsp3) is 0.455. The van der Waals surface area contributed by atoms with E-state index < -0.39 is 0 Å². The predicted octanol–water partition coefficient (Wildman–Crippen LogP) is 4.43. The summed E-state index contributed by atoms with van der Waals surface area (Å²) in [6, 6.07) is 6.96. The molecule has 0 saturated carbocycles. The van der Waals surface area contributed by atoms with E-state index in [-0.39, 0.29) is 23.6 Å². The molecule has 1 aliphatic rings. The lowest BCUT2D eigenvalue weighted by Gasteiger charge is -2.28. The highest BCUT2D eigenvalue weighted by Gasteiger charge is 2.28. The van der Waals surface area contributed by atoms with Crippen LogP contribution < -0.4 is 23.7 Å². The van der Waals surface area contributed by atoms with Crippen molar-refractivity contribution in [3.8, 4) is 28.7 Å². The summed E-state index contributed by atoms with van der Waals surface area (Å²) in [5.41, 5.74) is 1.85. The van der Waals surface area contributed by atoms with Gasteiger partial charge >= 0.3 is 0 Å². The standard InChI is InChI=1S/C22H27FO5/c1-13(2)28-18-7-6-14(10-17(18)23)8-15-9-16-19(27-12-15)11-20(24-3)22(26-5)21(16)25-4/h6-7,10-11,13,15H,8-9,12H2,1-5H3. The van der Waals surface area contributed by atoms with Gasteiger partial charge in [0.1, 0.15) is 5.75 Å². The first-order valence-electron chi connectivity index (χ1n) is 9.36. The molecule has 28 heavy (non-hydrogen) atoms. The van der Waals surface area contributed by atoms with Crippen LogP contribution in [0.15, 0.2) is 24.3 Å². The van der Waals surface area contributed by atoms with Crippen LogP contribution in [0.3, 0.4) is 0 Å². The lowest BCUT2D eigenvalue weighted by molar-refractivity contribution is 0.213. The molecule has 6 heteroatoms. The van der Waals surface area contributed by atoms with Crippen LogP contribution in [0.1, 0.15) is 25.0 Å². The largest absolute Gasteiger partial charge is 0.493 e. The fourth-order valence-electron chi connectivity index (χ4n) is 3.56. The van der Waals surface area contributed by atoms with Crippen molar-refractivity contribution in [2.24, 2.45) is 5.92 Å². The van der Waals surface area contributed by atoms with Gasteiger partial charge in [0, 0.05) is 17.5 Å². The van der Waals surface area contributed by atoms with Gasteiger partial charge in [-0.3, -0.25) is 0 Å². The highest BCUT2D eigenvalue weighted by molar-refractivity contribution is 5.62. The first-order valence-corrected chi connectivity index (χ1v) is 9.36. The molecule has 0 spiro atoms. The lowest BCUT2D eigenvalue weighted by atomic mass is 9.90. The average Bonchev–Trinajstić information content (AvgIpc) is 2.68. The maximum Gasteiger partial charge on any atom is 0.203 e. The van der Waals surface area contributed by atoms with Gasteiger partial charge in [-0.25, -0.2) is 4.39 Å². The Bertz CT molecular complexity index is 834. The minimum absolute atomic E-state index is 0.0666. The van der Waals surface area contributed by atoms with Crippen LogP contribution in [-0.4, -0.2) is 34.0 Å². The van der Waals surface area contributed by atoms with Crippen LogP contribution in [-0.2, 0) is 12.8 Å². The highest BCUT2D eigenvalue weighted by Crippen LogP contribution is 2.47. The van der Waals surface area contributed by atoms with Gasteiger partial charge < -0.3 is 23.7 Å². The van der Waals surface area contributed by atoms with Crippen LogP contribution in [0.25, 0.3) is 0 Å². The van der Waals surface area contributed by atoms with E-state index in [1.54, 1.807) is 33.5 Å². The van der Waals surface area contributed by atoms with Crippen molar-refractivity contribution < 1.29 is 28.1 Å². The summed E-state index contributed by atoms with van der Waals surface area (Å²) in [7, 11) is 4.76. The van der Waals surface area contributed by atoms with E-state index in [1.165, 1.54) is 0 Å². The van der Waals surface area contributed by atoms with Gasteiger partial charge in [0.15, 0.2) is 23.1 Å². The third kappa shape index (κ3) is 4.11. The SMILES string of the molecule is COc1cc2c(c(OC)c1OC)CC(Cc1ccc(OC(C)C)c(F)c1)CO2. The fourth-order valence-corrected chi connectivity index (χ4v) is 3.56. The Kier molecular flexibility index (Phi) is 6.17. The molecule has 0 bridgehead atoms. The van der Waals surface area contributed by atoms with Crippen LogP contribution in [0.2, 0.25) is 0 Å². The molecule has 2 aromatic rings. The van der Waals surface area contributed by atoms with Gasteiger partial charge in [-0.1, -0.05) is 6.07 Å². The normalized spacial score (nSPS) is 15.6. The molecule has 0 N–H and O–H groups in total. The second-order valence-corrected chi connectivity index (χ2v) is 7.14. The summed E-state index contributed by atoms with van der Waals surface area (Å²) in [5.74, 6) is 2.60. The zero-order valence-corrected chi connectivity index (χ0v) is 17.0. The highest BCUT2D eigenvalue weighted by atomic mass is 19.1. The molecule has 0 aromatic heterocycles. The van der Waals surface area contributed by atoms with E-state index in [9.17, 15) is 4.39 Å². The molecule has 1 unspecified atom stereocenters. The smallest absolute Gasteiger partial charge is 0.203 e. The zero-order valence-electron chi connectivity index (χ0n) is 17.0. The van der Waals surface area contributed by atoms with Gasteiger partial charge in [0.05, 0.1) is 34.0 Å². The van der Waals surface area contributed by atoms with Crippen LogP contribution in [0, 0.1) is 11.7 Å². The minimum Gasteiger partial charge on any atom is -0.493 e. The Morgan fingerprint density at radius 3 is 2.39 bits per heavy atom. The van der Waals surface area contributed by atoms with E-state index in [4.69, 9.17) is 23.7 Å². The van der Waals surface area contributed by atoms with Gasteiger partial charge in [-0.05, 0) is 44.4 Å². The van der Waals surface area contributed by atoms with Gasteiger partial charge in [0.2, 0.25) is 5.75 Å². The molecule has 1 heterocycles. The molecule has 0 radical (unpaired) electrons. The number of hydrogen-bond donors (Lipinski definition) is 0. The number of benzene rings is 2. The Morgan fingerprint density at radius 2 is 1.79 bits per heavy atom. The maximum absolute atomic E-state index is 14.3. The molecule has 5 nitrogen and oxygen atoms in total. The molecule has 0 amide bonds. The van der Waals surface area contributed by atoms with Gasteiger partial charge in [0.25, 0.3) is 0 Å². The molecule has 1 aliphatic heterocycles. The molecule has 0 aliphatic carbocycles. The lowest BCUT2D eigenvalue weighted by Crippen LogP contribution is -2.23. The average molecular weight is 390 g/mol. The minimum atomic E-state index is -0.340. The third-order valence-electron chi connectivity index (χ3n) is 4.74. The van der Waals surface area contributed by atoms with Crippen LogP contribution in [0.4, 0.5) is 4.39 Å². The molecule has 3 rings (SSSR count). The maximum atomic E-state index is 14.3. The molecule has 0 saturated heterocycles. The third-order valence-corrected chi connectivity index (χ3v) is 4.74. The monoisotopic (exact) mass is 390 g/mol. The molecular formula is C22H27FO5. The predicted molar refractivity (Wildman–Crippen MR) is 105 cm³/mol. The summed E-state index contributed by atoms with van der Waals surface area (Å²) in [5, 5.41) is 0. The second kappa shape index (κ2) is 8.59. The summed E-state index contributed by atoms with van der Waals surface area (Å²) < 4.78 is 42.2. The Hall–Kier alpha value is -2.63. The number of halogens is 1. The van der Waals surface area contributed by atoms with Crippen molar-refractivity contribution in [3.05, 3.63) is 41.2 Å². The number of methoxy groups -OCH3 is 3. The Labute approximate surface area is 165 Å². The number of ether oxygens (including phenoxy) is 5. The van der Waals surface area contributed by atoms with Crippen molar-refractivity contribution in [1.82, 2.24) is 0 Å². The van der Waals surface area contributed by atoms with Crippen LogP contribution in [0.5, 0.6) is 28.7 Å². The van der Waals surface area contributed by atoms with E-state index in [0.717, 1.165) is 23.3 Å². The molecular weight excluding hydrogens is 363 g/mol. The number of rotatable bonds is 7. The first-order chi connectivity index (χ1) is 13.5. The molecule has 152 valence electrons. The summed E-state index contributed by atoms with van der Waals surface area (Å²) in [6.07, 6.45) is 1.36. The summed E-state index contributed by atoms with van der Waals surface area (Å²) >= 11 is 0. The van der Waals surface area contributed by atoms with Crippen LogP contribution >= 0.6 is 0 Å². The quantitative estimate of drug-likeness (QED) is 0.700. The number of fused-ring (bicyclic) bond motifs is 1. The Balaban J connectivity index is 1.81. The second-order valence-electron chi connectivity index (χ2n) is 7.14. The van der Waals surface area contributed by atoms with Gasteiger partial charge in [-0.2, -0.15) is 0 Å². The zero-order chi connectivity index (χ0) is 20.3. The Morgan fingerprint density at radius 1 is 1.04 bits per heavy atom. The first kappa shape index (κ1) is 20.1. The number of hydrogen-bond acceptors (Lipinski definition) is 5. The van der Waals surface area contributed by atoms with E-state index >= 15 is 0 Å². The molecule has 1 atom stereocenters. The summed E-state index contributed by atoms with van der Waals surface area (Å²) in [4.78, 5) is 0. The molecule has 0 fully saturated rings. The molecule has 2 aromatic carbocycles. The van der Waals surface area contributed by atoms with E-state index in [1.807, 2.05) is 26.0 Å². The van der Waals surface area contributed by atoms with E-state index in [0.29, 0.717) is 30.3 Å². The van der Waals surface area contributed by atoms with Crippen molar-refractivity contribution >= 4 is 0 Å².